The zero-order valence-electron chi connectivity index (χ0n) is 14.6. The highest BCUT2D eigenvalue weighted by molar-refractivity contribution is 5.94. The van der Waals surface area contributed by atoms with Gasteiger partial charge in [0.2, 0.25) is 5.88 Å². The van der Waals surface area contributed by atoms with Crippen molar-refractivity contribution in [3.05, 3.63) is 46.5 Å². The van der Waals surface area contributed by atoms with Gasteiger partial charge in [0, 0.05) is 13.1 Å². The number of ether oxygens (including phenoxy) is 1. The fourth-order valence-corrected chi connectivity index (χ4v) is 2.58. The monoisotopic (exact) mass is 358 g/mol. The van der Waals surface area contributed by atoms with E-state index in [-0.39, 0.29) is 18.1 Å². The Labute approximate surface area is 148 Å². The lowest BCUT2D eigenvalue weighted by atomic mass is 10.3. The molecule has 0 spiro atoms. The highest BCUT2D eigenvalue weighted by Gasteiger charge is 2.21. The first-order chi connectivity index (χ1) is 12.4. The average molecular weight is 358 g/mol. The third kappa shape index (κ3) is 3.37. The molecule has 0 bridgehead atoms. The van der Waals surface area contributed by atoms with Crippen molar-refractivity contribution in [1.82, 2.24) is 14.3 Å². The standard InChI is InChI=1S/C17H18N4O5/c1-10-8-14(26-19-10)18-16(23)11(2)25-15(22)9-21-13-7-5-4-6-12(13)20(3)17(21)24/h4-8,11H,9H2,1-3H3,(H,18,23). The van der Waals surface area contributed by atoms with Crippen LogP contribution >= 0.6 is 0 Å². The molecule has 0 saturated carbocycles. The van der Waals surface area contributed by atoms with E-state index < -0.39 is 18.0 Å². The van der Waals surface area contributed by atoms with Gasteiger partial charge in [0.25, 0.3) is 5.91 Å². The van der Waals surface area contributed by atoms with E-state index in [4.69, 9.17) is 9.26 Å². The molecule has 3 aromatic rings. The van der Waals surface area contributed by atoms with Crippen molar-refractivity contribution in [3.8, 4) is 0 Å². The van der Waals surface area contributed by atoms with Crippen LogP contribution in [-0.4, -0.2) is 32.3 Å². The van der Waals surface area contributed by atoms with Crippen LogP contribution in [-0.2, 0) is 27.9 Å². The fourth-order valence-electron chi connectivity index (χ4n) is 2.58. The van der Waals surface area contributed by atoms with Crippen LogP contribution in [0.2, 0.25) is 0 Å². The van der Waals surface area contributed by atoms with E-state index in [9.17, 15) is 14.4 Å². The number of carbonyl (C=O) groups is 2. The SMILES string of the molecule is Cc1cc(NC(=O)C(C)OC(=O)Cn2c(=O)n(C)c3ccccc32)on1. The van der Waals surface area contributed by atoms with Crippen LogP contribution < -0.4 is 11.0 Å². The van der Waals surface area contributed by atoms with Crippen LogP contribution in [0.5, 0.6) is 0 Å². The van der Waals surface area contributed by atoms with Crippen LogP contribution in [0.4, 0.5) is 5.88 Å². The van der Waals surface area contributed by atoms with E-state index in [0.29, 0.717) is 16.7 Å². The Morgan fingerprint density at radius 3 is 2.65 bits per heavy atom. The zero-order valence-corrected chi connectivity index (χ0v) is 14.6. The highest BCUT2D eigenvalue weighted by atomic mass is 16.5. The van der Waals surface area contributed by atoms with Gasteiger partial charge in [-0.25, -0.2) is 4.79 Å². The van der Waals surface area contributed by atoms with Gasteiger partial charge >= 0.3 is 11.7 Å². The van der Waals surface area contributed by atoms with Gasteiger partial charge in [-0.3, -0.25) is 24.0 Å². The summed E-state index contributed by atoms with van der Waals surface area (Å²) < 4.78 is 12.8. The number of carbonyl (C=O) groups excluding carboxylic acids is 2. The third-order valence-corrected chi connectivity index (χ3v) is 3.89. The maximum atomic E-state index is 12.3. The van der Waals surface area contributed by atoms with Crippen LogP contribution in [0.3, 0.4) is 0 Å². The van der Waals surface area contributed by atoms with Gasteiger partial charge in [-0.15, -0.1) is 0 Å². The number of rotatable bonds is 5. The Morgan fingerprint density at radius 2 is 2.00 bits per heavy atom. The van der Waals surface area contributed by atoms with Crippen molar-refractivity contribution >= 4 is 28.8 Å². The molecule has 2 aromatic heterocycles. The lowest BCUT2D eigenvalue weighted by Gasteiger charge is -2.12. The molecule has 0 aliphatic heterocycles. The Morgan fingerprint density at radius 1 is 1.31 bits per heavy atom. The number of aromatic nitrogens is 3. The molecule has 9 heteroatoms. The van der Waals surface area contributed by atoms with E-state index in [2.05, 4.69) is 10.5 Å². The molecule has 26 heavy (non-hydrogen) atoms. The van der Waals surface area contributed by atoms with Crippen molar-refractivity contribution in [2.24, 2.45) is 7.05 Å². The number of hydrogen-bond donors (Lipinski definition) is 1. The molecule has 3 rings (SSSR count). The second kappa shape index (κ2) is 6.87. The summed E-state index contributed by atoms with van der Waals surface area (Å²) in [6, 6.07) is 8.66. The van der Waals surface area contributed by atoms with E-state index in [1.807, 2.05) is 6.07 Å². The summed E-state index contributed by atoms with van der Waals surface area (Å²) in [6.07, 6.45) is -1.06. The maximum absolute atomic E-state index is 12.3. The van der Waals surface area contributed by atoms with Gasteiger partial charge in [0.1, 0.15) is 6.54 Å². The molecular weight excluding hydrogens is 340 g/mol. The van der Waals surface area contributed by atoms with Gasteiger partial charge in [-0.2, -0.15) is 0 Å². The van der Waals surface area contributed by atoms with Crippen LogP contribution in [0.25, 0.3) is 11.0 Å². The average Bonchev–Trinajstić information content (AvgIpc) is 3.12. The molecule has 1 atom stereocenters. The summed E-state index contributed by atoms with van der Waals surface area (Å²) in [7, 11) is 1.63. The molecule has 1 unspecified atom stereocenters. The number of anilines is 1. The zero-order chi connectivity index (χ0) is 18.8. The number of fused-ring (bicyclic) bond motifs is 1. The van der Waals surface area contributed by atoms with Gasteiger partial charge in [0.15, 0.2) is 6.10 Å². The Bertz CT molecular complexity index is 1030. The molecule has 9 nitrogen and oxygen atoms in total. The van der Waals surface area contributed by atoms with Gasteiger partial charge in [0.05, 0.1) is 16.7 Å². The van der Waals surface area contributed by atoms with Crippen molar-refractivity contribution in [1.29, 1.82) is 0 Å². The molecule has 0 saturated heterocycles. The second-order valence-corrected chi connectivity index (χ2v) is 5.87. The molecular formula is C17H18N4O5. The van der Waals surface area contributed by atoms with E-state index in [0.717, 1.165) is 0 Å². The predicted molar refractivity (Wildman–Crippen MR) is 92.6 cm³/mol. The van der Waals surface area contributed by atoms with Gasteiger partial charge in [-0.05, 0) is 26.0 Å². The topological polar surface area (TPSA) is 108 Å². The predicted octanol–water partition coefficient (Wildman–Crippen LogP) is 1.21. The number of amides is 1. The number of benzene rings is 1. The summed E-state index contributed by atoms with van der Waals surface area (Å²) in [5.41, 5.74) is 1.60. The van der Waals surface area contributed by atoms with E-state index in [1.54, 1.807) is 38.2 Å². The number of esters is 1. The first kappa shape index (κ1) is 17.5. The molecule has 0 aliphatic carbocycles. The van der Waals surface area contributed by atoms with Crippen molar-refractivity contribution in [2.45, 2.75) is 26.5 Å². The minimum Gasteiger partial charge on any atom is -0.451 e. The van der Waals surface area contributed by atoms with E-state index >= 15 is 0 Å². The molecule has 2 heterocycles. The molecule has 1 aromatic carbocycles. The number of nitrogens with zero attached hydrogens (tertiary/aromatic N) is 3. The third-order valence-electron chi connectivity index (χ3n) is 3.89. The maximum Gasteiger partial charge on any atom is 0.329 e. The lowest BCUT2D eigenvalue weighted by Crippen LogP contribution is -2.33. The Balaban J connectivity index is 1.68. The molecule has 0 fully saturated rings. The lowest BCUT2D eigenvalue weighted by molar-refractivity contribution is -0.153. The molecule has 0 radical (unpaired) electrons. The highest BCUT2D eigenvalue weighted by Crippen LogP contribution is 2.12. The fraction of sp³-hybridized carbons (Fsp3) is 0.294. The molecule has 0 aliphatic rings. The largest absolute Gasteiger partial charge is 0.451 e. The number of imidazole rings is 1. The number of hydrogen-bond acceptors (Lipinski definition) is 6. The minimum atomic E-state index is -1.06. The summed E-state index contributed by atoms with van der Waals surface area (Å²) in [6.45, 7) is 2.85. The summed E-state index contributed by atoms with van der Waals surface area (Å²) in [4.78, 5) is 36.5. The smallest absolute Gasteiger partial charge is 0.329 e. The normalized spacial score (nSPS) is 12.1. The van der Waals surface area contributed by atoms with Crippen LogP contribution in [0.15, 0.2) is 39.6 Å². The van der Waals surface area contributed by atoms with Crippen molar-refractivity contribution < 1.29 is 18.8 Å². The van der Waals surface area contributed by atoms with Crippen molar-refractivity contribution in [2.75, 3.05) is 5.32 Å². The van der Waals surface area contributed by atoms with Crippen LogP contribution in [0.1, 0.15) is 12.6 Å². The summed E-state index contributed by atoms with van der Waals surface area (Å²) in [5.74, 6) is -1.08. The molecule has 1 amide bonds. The quantitative estimate of drug-likeness (QED) is 0.687. The number of nitrogens with one attached hydrogen (secondary N) is 1. The second-order valence-electron chi connectivity index (χ2n) is 5.87. The Kier molecular flexibility index (Phi) is 4.61. The van der Waals surface area contributed by atoms with Gasteiger partial charge < -0.3 is 9.26 Å². The first-order valence-corrected chi connectivity index (χ1v) is 7.94. The van der Waals surface area contributed by atoms with E-state index in [1.165, 1.54) is 16.1 Å². The molecule has 136 valence electrons. The minimum absolute atomic E-state index is 0.167. The Hall–Kier alpha value is -3.36. The summed E-state index contributed by atoms with van der Waals surface area (Å²) >= 11 is 0. The van der Waals surface area contributed by atoms with Gasteiger partial charge in [-0.1, -0.05) is 17.3 Å². The van der Waals surface area contributed by atoms with Crippen LogP contribution in [0, 0.1) is 6.92 Å². The number of para-hydroxylation sites is 2. The summed E-state index contributed by atoms with van der Waals surface area (Å²) in [5, 5.41) is 6.11. The molecule has 1 N–H and O–H groups in total. The van der Waals surface area contributed by atoms with Crippen molar-refractivity contribution in [3.63, 3.8) is 0 Å². The number of aryl methyl sites for hydroxylation is 2. The first-order valence-electron chi connectivity index (χ1n) is 7.94.